The van der Waals surface area contributed by atoms with Gasteiger partial charge in [0.2, 0.25) is 5.91 Å². The molecule has 0 saturated heterocycles. The molecular weight excluding hydrogens is 268 g/mol. The van der Waals surface area contributed by atoms with Crippen LogP contribution in [0.4, 0.5) is 5.13 Å². The monoisotopic (exact) mass is 286 g/mol. The number of rotatable bonds is 3. The normalized spacial score (nSPS) is 14.9. The standard InChI is InChI=1S/C16H18N2OS/c1-10-6-7-11(2)13(8-10)14-9-20-16(17-14)18-15(19)12-4-3-5-12/h6-9,12H,3-5H2,1-2H3,(H,17,18,19). The Morgan fingerprint density at radius 1 is 1.35 bits per heavy atom. The maximum absolute atomic E-state index is 11.9. The number of nitrogens with zero attached hydrogens (tertiary/aromatic N) is 1. The van der Waals surface area contributed by atoms with Gasteiger partial charge in [-0.2, -0.15) is 0 Å². The van der Waals surface area contributed by atoms with Gasteiger partial charge in [0.25, 0.3) is 0 Å². The highest BCUT2D eigenvalue weighted by atomic mass is 32.1. The molecule has 3 nitrogen and oxygen atoms in total. The van der Waals surface area contributed by atoms with E-state index >= 15 is 0 Å². The molecule has 1 aromatic heterocycles. The van der Waals surface area contributed by atoms with Gasteiger partial charge >= 0.3 is 0 Å². The number of aryl methyl sites for hydroxylation is 2. The smallest absolute Gasteiger partial charge is 0.229 e. The molecular formula is C16H18N2OS. The summed E-state index contributed by atoms with van der Waals surface area (Å²) < 4.78 is 0. The molecule has 0 radical (unpaired) electrons. The molecule has 1 fully saturated rings. The molecule has 2 aromatic rings. The Labute approximate surface area is 123 Å². The summed E-state index contributed by atoms with van der Waals surface area (Å²) in [5.74, 6) is 0.321. The van der Waals surface area contributed by atoms with Gasteiger partial charge < -0.3 is 5.32 Å². The lowest BCUT2D eigenvalue weighted by Gasteiger charge is -2.23. The molecule has 1 aromatic carbocycles. The van der Waals surface area contributed by atoms with Crippen molar-refractivity contribution >= 4 is 22.4 Å². The highest BCUT2D eigenvalue weighted by Gasteiger charge is 2.25. The molecule has 4 heteroatoms. The highest BCUT2D eigenvalue weighted by molar-refractivity contribution is 7.14. The van der Waals surface area contributed by atoms with E-state index in [0.29, 0.717) is 5.13 Å². The molecule has 0 unspecified atom stereocenters. The molecule has 1 amide bonds. The minimum atomic E-state index is 0.123. The largest absolute Gasteiger partial charge is 0.302 e. The summed E-state index contributed by atoms with van der Waals surface area (Å²) in [6, 6.07) is 6.35. The molecule has 0 spiro atoms. The van der Waals surface area contributed by atoms with Crippen LogP contribution in [0, 0.1) is 19.8 Å². The fourth-order valence-electron chi connectivity index (χ4n) is 2.34. The first kappa shape index (κ1) is 13.3. The van der Waals surface area contributed by atoms with Gasteiger partial charge in [0, 0.05) is 16.9 Å². The summed E-state index contributed by atoms with van der Waals surface area (Å²) in [5, 5.41) is 5.65. The van der Waals surface area contributed by atoms with Gasteiger partial charge in [-0.25, -0.2) is 4.98 Å². The van der Waals surface area contributed by atoms with Crippen LogP contribution in [0.5, 0.6) is 0 Å². The molecule has 20 heavy (non-hydrogen) atoms. The maximum Gasteiger partial charge on any atom is 0.229 e. The van der Waals surface area contributed by atoms with E-state index in [1.807, 2.05) is 5.38 Å². The van der Waals surface area contributed by atoms with Gasteiger partial charge in [-0.15, -0.1) is 11.3 Å². The van der Waals surface area contributed by atoms with Crippen molar-refractivity contribution in [3.05, 3.63) is 34.7 Å². The minimum Gasteiger partial charge on any atom is -0.302 e. The van der Waals surface area contributed by atoms with E-state index in [1.54, 1.807) is 0 Å². The van der Waals surface area contributed by atoms with Crippen molar-refractivity contribution in [1.82, 2.24) is 4.98 Å². The number of carbonyl (C=O) groups is 1. The maximum atomic E-state index is 11.9. The van der Waals surface area contributed by atoms with Crippen molar-refractivity contribution in [2.45, 2.75) is 33.1 Å². The van der Waals surface area contributed by atoms with Crippen LogP contribution < -0.4 is 5.32 Å². The first-order valence-electron chi connectivity index (χ1n) is 6.97. The van der Waals surface area contributed by atoms with Crippen molar-refractivity contribution in [1.29, 1.82) is 0 Å². The van der Waals surface area contributed by atoms with E-state index in [4.69, 9.17) is 0 Å². The second kappa shape index (κ2) is 5.37. The van der Waals surface area contributed by atoms with Gasteiger partial charge in [-0.05, 0) is 38.3 Å². The summed E-state index contributed by atoms with van der Waals surface area (Å²) >= 11 is 1.50. The van der Waals surface area contributed by atoms with Crippen molar-refractivity contribution < 1.29 is 4.79 Å². The van der Waals surface area contributed by atoms with Gasteiger partial charge in [0.15, 0.2) is 5.13 Å². The van der Waals surface area contributed by atoms with Gasteiger partial charge in [-0.3, -0.25) is 4.79 Å². The SMILES string of the molecule is Cc1ccc(C)c(-c2csc(NC(=O)C3CCC3)n2)c1. The number of anilines is 1. The Balaban J connectivity index is 1.79. The molecule has 104 valence electrons. The Bertz CT molecular complexity index is 644. The number of aromatic nitrogens is 1. The second-order valence-corrected chi connectivity index (χ2v) is 6.33. The van der Waals surface area contributed by atoms with Crippen LogP contribution in [0.15, 0.2) is 23.6 Å². The van der Waals surface area contributed by atoms with Gasteiger partial charge in [0.05, 0.1) is 5.69 Å². The van der Waals surface area contributed by atoms with Gasteiger partial charge in [-0.1, -0.05) is 24.1 Å². The zero-order valence-corrected chi connectivity index (χ0v) is 12.6. The van der Waals surface area contributed by atoms with Crippen LogP contribution in [0.25, 0.3) is 11.3 Å². The summed E-state index contributed by atoms with van der Waals surface area (Å²) in [4.78, 5) is 16.5. The predicted octanol–water partition coefficient (Wildman–Crippen LogP) is 4.17. The van der Waals surface area contributed by atoms with E-state index < -0.39 is 0 Å². The number of hydrogen-bond donors (Lipinski definition) is 1. The zero-order valence-electron chi connectivity index (χ0n) is 11.8. The van der Waals surface area contributed by atoms with E-state index in [2.05, 4.69) is 42.3 Å². The third-order valence-electron chi connectivity index (χ3n) is 3.88. The fraction of sp³-hybridized carbons (Fsp3) is 0.375. The summed E-state index contributed by atoms with van der Waals surface area (Å²) in [5.41, 5.74) is 4.52. The van der Waals surface area contributed by atoms with Crippen molar-refractivity contribution in [3.63, 3.8) is 0 Å². The first-order valence-corrected chi connectivity index (χ1v) is 7.85. The average Bonchev–Trinajstić information content (AvgIpc) is 2.78. The third-order valence-corrected chi connectivity index (χ3v) is 4.64. The van der Waals surface area contributed by atoms with Crippen molar-refractivity contribution in [2.24, 2.45) is 5.92 Å². The zero-order chi connectivity index (χ0) is 14.1. The molecule has 1 N–H and O–H groups in total. The number of thiazole rings is 1. The number of carbonyl (C=O) groups excluding carboxylic acids is 1. The summed E-state index contributed by atoms with van der Waals surface area (Å²) in [6.07, 6.45) is 3.20. The third kappa shape index (κ3) is 2.61. The van der Waals surface area contributed by atoms with Crippen molar-refractivity contribution in [2.75, 3.05) is 5.32 Å². The molecule has 0 atom stereocenters. The van der Waals surface area contributed by atoms with E-state index in [9.17, 15) is 4.79 Å². The average molecular weight is 286 g/mol. The minimum absolute atomic E-state index is 0.123. The lowest BCUT2D eigenvalue weighted by molar-refractivity contribution is -0.122. The Morgan fingerprint density at radius 3 is 2.85 bits per heavy atom. The van der Waals surface area contributed by atoms with Crippen LogP contribution in [0.2, 0.25) is 0 Å². The second-order valence-electron chi connectivity index (χ2n) is 5.47. The van der Waals surface area contributed by atoms with Crippen molar-refractivity contribution in [3.8, 4) is 11.3 Å². The van der Waals surface area contributed by atoms with Gasteiger partial charge in [0.1, 0.15) is 0 Å². The first-order chi connectivity index (χ1) is 9.63. The van der Waals surface area contributed by atoms with Crippen LogP contribution in [0.3, 0.4) is 0 Å². The molecule has 0 aliphatic heterocycles. The summed E-state index contributed by atoms with van der Waals surface area (Å²) in [6.45, 7) is 4.16. The van der Waals surface area contributed by atoms with E-state index in [1.165, 1.54) is 28.9 Å². The molecule has 1 heterocycles. The Hall–Kier alpha value is -1.68. The van der Waals surface area contributed by atoms with Crippen LogP contribution in [-0.2, 0) is 4.79 Å². The predicted molar refractivity (Wildman–Crippen MR) is 83.0 cm³/mol. The van der Waals surface area contributed by atoms with Crippen LogP contribution in [0.1, 0.15) is 30.4 Å². The quantitative estimate of drug-likeness (QED) is 0.920. The molecule has 1 saturated carbocycles. The lowest BCUT2D eigenvalue weighted by atomic mass is 9.85. The van der Waals surface area contributed by atoms with Crippen LogP contribution in [-0.4, -0.2) is 10.9 Å². The number of amides is 1. The Morgan fingerprint density at radius 2 is 2.15 bits per heavy atom. The van der Waals surface area contributed by atoms with Crippen LogP contribution >= 0.6 is 11.3 Å². The molecule has 1 aliphatic rings. The number of nitrogens with one attached hydrogen (secondary N) is 1. The molecule has 3 rings (SSSR count). The molecule has 0 bridgehead atoms. The topological polar surface area (TPSA) is 42.0 Å². The number of benzene rings is 1. The fourth-order valence-corrected chi connectivity index (χ4v) is 3.06. The lowest BCUT2D eigenvalue weighted by Crippen LogP contribution is -2.27. The molecule has 1 aliphatic carbocycles. The Kier molecular flexibility index (Phi) is 3.57. The van der Waals surface area contributed by atoms with E-state index in [0.717, 1.165) is 24.1 Å². The van der Waals surface area contributed by atoms with E-state index in [-0.39, 0.29) is 11.8 Å². The number of hydrogen-bond acceptors (Lipinski definition) is 3. The highest BCUT2D eigenvalue weighted by Crippen LogP contribution is 2.31. The summed E-state index contributed by atoms with van der Waals surface area (Å²) in [7, 11) is 0.